The van der Waals surface area contributed by atoms with Crippen LogP contribution in [0.4, 0.5) is 5.69 Å². The van der Waals surface area contributed by atoms with E-state index in [2.05, 4.69) is 17.2 Å². The van der Waals surface area contributed by atoms with Crippen molar-refractivity contribution in [3.05, 3.63) is 42.1 Å². The molecule has 7 heteroatoms. The zero-order valence-electron chi connectivity index (χ0n) is 20.4. The lowest BCUT2D eigenvalue weighted by atomic mass is 9.83. The molecule has 178 valence electrons. The van der Waals surface area contributed by atoms with Crippen LogP contribution < -0.4 is 14.8 Å². The molecule has 1 amide bonds. The van der Waals surface area contributed by atoms with Crippen LogP contribution in [0.25, 0.3) is 0 Å². The van der Waals surface area contributed by atoms with Crippen molar-refractivity contribution in [1.82, 2.24) is 4.98 Å². The summed E-state index contributed by atoms with van der Waals surface area (Å²) in [7, 11) is 0. The van der Waals surface area contributed by atoms with E-state index in [1.807, 2.05) is 45.9 Å². The van der Waals surface area contributed by atoms with E-state index in [0.717, 1.165) is 23.5 Å². The average molecular weight is 455 g/mol. The van der Waals surface area contributed by atoms with Gasteiger partial charge in [-0.2, -0.15) is 0 Å². The van der Waals surface area contributed by atoms with Crippen LogP contribution >= 0.6 is 0 Å². The number of carbonyl (C=O) groups is 2. The smallest absolute Gasteiger partial charge is 0.307 e. The van der Waals surface area contributed by atoms with Crippen LogP contribution in [0, 0.1) is 11.3 Å². The second-order valence-corrected chi connectivity index (χ2v) is 9.97. The molecule has 2 atom stereocenters. The lowest BCUT2D eigenvalue weighted by Gasteiger charge is -2.28. The third kappa shape index (κ3) is 6.46. The first-order valence-corrected chi connectivity index (χ1v) is 11.4. The molecule has 1 aliphatic rings. The van der Waals surface area contributed by atoms with E-state index in [0.29, 0.717) is 30.5 Å². The van der Waals surface area contributed by atoms with Gasteiger partial charge in [0.2, 0.25) is 11.8 Å². The van der Waals surface area contributed by atoms with Gasteiger partial charge in [-0.3, -0.25) is 9.59 Å². The van der Waals surface area contributed by atoms with Gasteiger partial charge in [0.15, 0.2) is 0 Å². The van der Waals surface area contributed by atoms with Crippen molar-refractivity contribution >= 4 is 17.6 Å². The van der Waals surface area contributed by atoms with Gasteiger partial charge in [-0.1, -0.05) is 26.8 Å². The minimum absolute atomic E-state index is 0.000831. The third-order valence-electron chi connectivity index (χ3n) is 5.66. The number of ether oxygens (including phenoxy) is 3. The summed E-state index contributed by atoms with van der Waals surface area (Å²) in [4.78, 5) is 29.6. The van der Waals surface area contributed by atoms with Gasteiger partial charge in [0.05, 0.1) is 30.3 Å². The molecule has 0 aliphatic carbocycles. The SMILES string of the molecule is CC[C@@](C)(CC(=O)OC(C)(C)C)C(=O)Nc1ccc(Oc2cccc3c2CC(C)CO3)nc1. The molecule has 1 aromatic carbocycles. The number of nitrogens with zero attached hydrogens (tertiary/aromatic N) is 1. The van der Waals surface area contributed by atoms with Gasteiger partial charge in [0.25, 0.3) is 0 Å². The van der Waals surface area contributed by atoms with E-state index in [4.69, 9.17) is 14.2 Å². The van der Waals surface area contributed by atoms with Crippen molar-refractivity contribution in [2.75, 3.05) is 11.9 Å². The molecule has 0 spiro atoms. The molecule has 33 heavy (non-hydrogen) atoms. The van der Waals surface area contributed by atoms with E-state index in [1.54, 1.807) is 25.3 Å². The molecule has 1 N–H and O–H groups in total. The lowest BCUT2D eigenvalue weighted by molar-refractivity contribution is -0.159. The Balaban J connectivity index is 1.66. The van der Waals surface area contributed by atoms with Crippen LogP contribution in [0.2, 0.25) is 0 Å². The van der Waals surface area contributed by atoms with Crippen molar-refractivity contribution in [2.24, 2.45) is 11.3 Å². The number of benzene rings is 1. The number of anilines is 1. The summed E-state index contributed by atoms with van der Waals surface area (Å²) in [5.41, 5.74) is 0.0843. The fraction of sp³-hybridized carbons (Fsp3) is 0.500. The highest BCUT2D eigenvalue weighted by Crippen LogP contribution is 2.36. The summed E-state index contributed by atoms with van der Waals surface area (Å²) in [6.07, 6.45) is 2.92. The number of hydrogen-bond donors (Lipinski definition) is 1. The van der Waals surface area contributed by atoms with E-state index < -0.39 is 17.0 Å². The Hall–Kier alpha value is -3.09. The summed E-state index contributed by atoms with van der Waals surface area (Å²) < 4.78 is 17.2. The number of aromatic nitrogens is 1. The predicted molar refractivity (Wildman–Crippen MR) is 127 cm³/mol. The van der Waals surface area contributed by atoms with E-state index in [9.17, 15) is 9.59 Å². The molecule has 0 bridgehead atoms. The number of carbonyl (C=O) groups excluding carboxylic acids is 2. The van der Waals surface area contributed by atoms with Gasteiger partial charge >= 0.3 is 5.97 Å². The number of esters is 1. The zero-order chi connectivity index (χ0) is 24.2. The number of nitrogens with one attached hydrogen (secondary N) is 1. The topological polar surface area (TPSA) is 86.8 Å². The van der Waals surface area contributed by atoms with Gasteiger partial charge in [-0.05, 0) is 57.7 Å². The normalized spacial score (nSPS) is 17.2. The van der Waals surface area contributed by atoms with Gasteiger partial charge in [0, 0.05) is 11.6 Å². The molecule has 7 nitrogen and oxygen atoms in total. The molecule has 1 unspecified atom stereocenters. The predicted octanol–water partition coefficient (Wildman–Crippen LogP) is 5.53. The van der Waals surface area contributed by atoms with E-state index in [1.165, 1.54) is 0 Å². The standard InChI is InChI=1S/C26H34N2O5/c1-7-26(6,14-23(29)33-25(3,4)5)24(30)28-18-11-12-22(27-15-18)32-21-10-8-9-20-19(21)13-17(2)16-31-20/h8-12,15,17H,7,13-14,16H2,1-6H3,(H,28,30)/t17?,26-/m0/s1. The summed E-state index contributed by atoms with van der Waals surface area (Å²) in [5, 5.41) is 2.86. The Morgan fingerprint density at radius 1 is 1.18 bits per heavy atom. The molecule has 0 saturated heterocycles. The van der Waals surface area contributed by atoms with Crippen LogP contribution in [0.3, 0.4) is 0 Å². The van der Waals surface area contributed by atoms with Gasteiger partial charge < -0.3 is 19.5 Å². The number of rotatable bonds is 7. The zero-order valence-corrected chi connectivity index (χ0v) is 20.4. The van der Waals surface area contributed by atoms with Crippen molar-refractivity contribution < 1.29 is 23.8 Å². The average Bonchev–Trinajstić information content (AvgIpc) is 2.74. The maximum absolute atomic E-state index is 12.9. The molecular formula is C26H34N2O5. The Morgan fingerprint density at radius 2 is 1.94 bits per heavy atom. The van der Waals surface area contributed by atoms with Crippen molar-refractivity contribution in [3.8, 4) is 17.4 Å². The summed E-state index contributed by atoms with van der Waals surface area (Å²) >= 11 is 0. The number of amides is 1. The summed E-state index contributed by atoms with van der Waals surface area (Å²) in [5.74, 6) is 1.76. The Bertz CT molecular complexity index is 997. The number of fused-ring (bicyclic) bond motifs is 1. The maximum atomic E-state index is 12.9. The van der Waals surface area contributed by atoms with Crippen molar-refractivity contribution in [1.29, 1.82) is 0 Å². The Kier molecular flexibility index (Phi) is 7.30. The molecule has 0 radical (unpaired) electrons. The molecule has 1 aliphatic heterocycles. The van der Waals surface area contributed by atoms with Crippen LogP contribution in [-0.2, 0) is 20.7 Å². The number of hydrogen-bond acceptors (Lipinski definition) is 6. The van der Waals surface area contributed by atoms with Crippen LogP contribution in [0.15, 0.2) is 36.5 Å². The minimum atomic E-state index is -0.892. The first kappa shape index (κ1) is 24.6. The second-order valence-electron chi connectivity index (χ2n) is 9.97. The molecule has 2 heterocycles. The van der Waals surface area contributed by atoms with Crippen LogP contribution in [0.5, 0.6) is 17.4 Å². The van der Waals surface area contributed by atoms with Crippen molar-refractivity contribution in [2.45, 2.75) is 66.4 Å². The van der Waals surface area contributed by atoms with E-state index >= 15 is 0 Å². The number of pyridine rings is 1. The summed E-state index contributed by atoms with van der Waals surface area (Å²) in [6.45, 7) is 11.9. The second kappa shape index (κ2) is 9.81. The largest absolute Gasteiger partial charge is 0.493 e. The molecule has 3 rings (SSSR count). The fourth-order valence-electron chi connectivity index (χ4n) is 3.59. The maximum Gasteiger partial charge on any atom is 0.307 e. The van der Waals surface area contributed by atoms with Crippen LogP contribution in [-0.4, -0.2) is 29.1 Å². The molecule has 0 saturated carbocycles. The first-order valence-electron chi connectivity index (χ1n) is 11.4. The highest BCUT2D eigenvalue weighted by Gasteiger charge is 2.35. The molecular weight excluding hydrogens is 420 g/mol. The minimum Gasteiger partial charge on any atom is -0.493 e. The molecule has 1 aromatic heterocycles. The fourth-order valence-corrected chi connectivity index (χ4v) is 3.59. The molecule has 0 fully saturated rings. The lowest BCUT2D eigenvalue weighted by Crippen LogP contribution is -2.37. The highest BCUT2D eigenvalue weighted by atomic mass is 16.6. The first-order chi connectivity index (χ1) is 15.5. The highest BCUT2D eigenvalue weighted by molar-refractivity contribution is 5.97. The van der Waals surface area contributed by atoms with E-state index in [-0.39, 0.29) is 12.3 Å². The Labute approximate surface area is 195 Å². The Morgan fingerprint density at radius 3 is 2.58 bits per heavy atom. The quantitative estimate of drug-likeness (QED) is 0.554. The molecule has 2 aromatic rings. The van der Waals surface area contributed by atoms with Crippen LogP contribution in [0.1, 0.15) is 59.9 Å². The van der Waals surface area contributed by atoms with Crippen molar-refractivity contribution in [3.63, 3.8) is 0 Å². The third-order valence-corrected chi connectivity index (χ3v) is 5.66. The van der Waals surface area contributed by atoms with Gasteiger partial charge in [0.1, 0.15) is 17.1 Å². The summed E-state index contributed by atoms with van der Waals surface area (Å²) in [6, 6.07) is 9.19. The monoisotopic (exact) mass is 454 g/mol. The van der Waals surface area contributed by atoms with Gasteiger partial charge in [-0.15, -0.1) is 0 Å². The van der Waals surface area contributed by atoms with Gasteiger partial charge in [-0.25, -0.2) is 4.98 Å².